The SMILES string of the molecule is CCCCCCCCCCCCCCCC=CC(=O)OCC(COP(=O)(O)OCCN)OC(=O)C=CCCCCCCCCCCCCCCC. The fraction of sp³-hybridized carbons (Fsp3) is 0.854. The number of ether oxygens (including phenoxy) is 2. The topological polar surface area (TPSA) is 134 Å². The van der Waals surface area contributed by atoms with Crippen LogP contribution in [0.5, 0.6) is 0 Å². The normalized spacial score (nSPS) is 13.6. The number of phosphoric acid groups is 1. The van der Waals surface area contributed by atoms with E-state index in [2.05, 4.69) is 13.8 Å². The van der Waals surface area contributed by atoms with E-state index in [1.54, 1.807) is 12.2 Å². The van der Waals surface area contributed by atoms with Crippen LogP contribution in [0, 0.1) is 0 Å². The molecule has 0 amide bonds. The molecule has 0 heterocycles. The lowest BCUT2D eigenvalue weighted by molar-refractivity contribution is -0.154. The monoisotopic (exact) mass is 744 g/mol. The third kappa shape index (κ3) is 38.0. The Labute approximate surface area is 312 Å². The van der Waals surface area contributed by atoms with E-state index in [0.29, 0.717) is 0 Å². The summed E-state index contributed by atoms with van der Waals surface area (Å²) in [7, 11) is -4.40. The van der Waals surface area contributed by atoms with Gasteiger partial charge in [0.05, 0.1) is 13.2 Å². The Balaban J connectivity index is 4.26. The van der Waals surface area contributed by atoms with E-state index in [1.807, 2.05) is 0 Å². The minimum absolute atomic E-state index is 0.0413. The second kappa shape index (κ2) is 38.2. The van der Waals surface area contributed by atoms with Crippen molar-refractivity contribution in [2.75, 3.05) is 26.4 Å². The van der Waals surface area contributed by atoms with E-state index in [-0.39, 0.29) is 19.8 Å². The highest BCUT2D eigenvalue weighted by Crippen LogP contribution is 2.43. The van der Waals surface area contributed by atoms with E-state index in [4.69, 9.17) is 24.3 Å². The van der Waals surface area contributed by atoms with Crippen LogP contribution in [0.25, 0.3) is 0 Å². The van der Waals surface area contributed by atoms with Gasteiger partial charge in [-0.15, -0.1) is 0 Å². The van der Waals surface area contributed by atoms with Crippen molar-refractivity contribution in [3.8, 4) is 0 Å². The zero-order valence-corrected chi connectivity index (χ0v) is 33.7. The molecule has 0 saturated carbocycles. The molecule has 2 unspecified atom stereocenters. The van der Waals surface area contributed by atoms with Gasteiger partial charge in [-0.05, 0) is 25.7 Å². The van der Waals surface area contributed by atoms with Crippen molar-refractivity contribution >= 4 is 19.8 Å². The van der Waals surface area contributed by atoms with Crippen molar-refractivity contribution in [3.05, 3.63) is 24.3 Å². The van der Waals surface area contributed by atoms with Gasteiger partial charge in [0.1, 0.15) is 6.61 Å². The number of carbonyl (C=O) groups excluding carboxylic acids is 2. The van der Waals surface area contributed by atoms with E-state index >= 15 is 0 Å². The first-order chi connectivity index (χ1) is 24.8. The molecule has 0 aromatic heterocycles. The Morgan fingerprint density at radius 2 is 0.941 bits per heavy atom. The van der Waals surface area contributed by atoms with Gasteiger partial charge in [-0.1, -0.05) is 180 Å². The molecule has 0 saturated heterocycles. The zero-order valence-electron chi connectivity index (χ0n) is 32.8. The molecule has 300 valence electrons. The number of rotatable bonds is 39. The maximum absolute atomic E-state index is 12.5. The van der Waals surface area contributed by atoms with Crippen LogP contribution < -0.4 is 5.73 Å². The summed E-state index contributed by atoms with van der Waals surface area (Å²) < 4.78 is 32.4. The number of unbranched alkanes of at least 4 members (excludes halogenated alkanes) is 26. The van der Waals surface area contributed by atoms with E-state index in [0.717, 1.165) is 38.5 Å². The number of carbonyl (C=O) groups is 2. The summed E-state index contributed by atoms with van der Waals surface area (Å²) in [6.45, 7) is 3.58. The molecular weight excluding hydrogens is 665 g/mol. The van der Waals surface area contributed by atoms with Crippen LogP contribution in [0.3, 0.4) is 0 Å². The molecule has 0 aliphatic heterocycles. The summed E-state index contributed by atoms with van der Waals surface area (Å²) in [5.74, 6) is -1.21. The summed E-state index contributed by atoms with van der Waals surface area (Å²) in [5.41, 5.74) is 5.33. The fourth-order valence-electron chi connectivity index (χ4n) is 5.84. The lowest BCUT2D eigenvalue weighted by Crippen LogP contribution is -2.29. The number of hydrogen-bond acceptors (Lipinski definition) is 8. The largest absolute Gasteiger partial charge is 0.472 e. The lowest BCUT2D eigenvalue weighted by atomic mass is 10.0. The van der Waals surface area contributed by atoms with Crippen LogP contribution in [-0.2, 0) is 32.7 Å². The molecule has 10 heteroatoms. The number of esters is 2. The van der Waals surface area contributed by atoms with Gasteiger partial charge in [0.2, 0.25) is 0 Å². The average Bonchev–Trinajstić information content (AvgIpc) is 3.11. The molecule has 0 aliphatic rings. The Kier molecular flexibility index (Phi) is 37.1. The van der Waals surface area contributed by atoms with Crippen LogP contribution in [0.2, 0.25) is 0 Å². The molecule has 0 bridgehead atoms. The minimum Gasteiger partial charge on any atom is -0.458 e. The smallest absolute Gasteiger partial charge is 0.458 e. The molecule has 0 radical (unpaired) electrons. The van der Waals surface area contributed by atoms with E-state index in [9.17, 15) is 19.0 Å². The lowest BCUT2D eigenvalue weighted by Gasteiger charge is -2.18. The minimum atomic E-state index is -4.40. The van der Waals surface area contributed by atoms with Crippen LogP contribution >= 0.6 is 7.82 Å². The van der Waals surface area contributed by atoms with Gasteiger partial charge in [-0.25, -0.2) is 14.2 Å². The van der Waals surface area contributed by atoms with Crippen molar-refractivity contribution in [3.63, 3.8) is 0 Å². The van der Waals surface area contributed by atoms with Crippen LogP contribution in [0.1, 0.15) is 194 Å². The summed E-state index contributed by atoms with van der Waals surface area (Å²) in [5, 5.41) is 0. The van der Waals surface area contributed by atoms with E-state index in [1.165, 1.54) is 153 Å². The first kappa shape index (κ1) is 49.5. The van der Waals surface area contributed by atoms with Crippen molar-refractivity contribution in [2.24, 2.45) is 5.73 Å². The van der Waals surface area contributed by atoms with E-state index < -0.39 is 32.5 Å². The Bertz CT molecular complexity index is 897. The highest BCUT2D eigenvalue weighted by atomic mass is 31.2. The first-order valence-electron chi connectivity index (χ1n) is 20.9. The number of allylic oxidation sites excluding steroid dienone is 2. The molecule has 0 fully saturated rings. The van der Waals surface area contributed by atoms with Crippen molar-refractivity contribution in [2.45, 2.75) is 200 Å². The predicted molar refractivity (Wildman–Crippen MR) is 211 cm³/mol. The van der Waals surface area contributed by atoms with Gasteiger partial charge in [-0.3, -0.25) is 9.05 Å². The quantitative estimate of drug-likeness (QED) is 0.0273. The summed E-state index contributed by atoms with van der Waals surface area (Å²) in [6.07, 6.45) is 40.1. The Morgan fingerprint density at radius 3 is 1.33 bits per heavy atom. The predicted octanol–water partition coefficient (Wildman–Crippen LogP) is 11.6. The highest BCUT2D eigenvalue weighted by Gasteiger charge is 2.25. The molecule has 0 aromatic rings. The second-order valence-electron chi connectivity index (χ2n) is 13.9. The van der Waals surface area contributed by atoms with Crippen molar-refractivity contribution in [1.29, 1.82) is 0 Å². The van der Waals surface area contributed by atoms with Crippen LogP contribution in [-0.4, -0.2) is 49.3 Å². The third-order valence-corrected chi connectivity index (χ3v) is 9.93. The molecular formula is C41H78NO8P. The molecule has 0 spiro atoms. The summed E-state index contributed by atoms with van der Waals surface area (Å²) >= 11 is 0. The highest BCUT2D eigenvalue weighted by molar-refractivity contribution is 7.47. The summed E-state index contributed by atoms with van der Waals surface area (Å²) in [4.78, 5) is 34.6. The first-order valence-corrected chi connectivity index (χ1v) is 22.4. The molecule has 0 aromatic carbocycles. The standard InChI is InChI=1S/C41H78NO8P/c1-3-5-7-9-11-13-15-17-19-21-23-25-27-29-31-33-40(43)47-37-39(38-49-51(45,46)48-36-35-42)50-41(44)34-32-30-28-26-24-22-20-18-16-14-12-10-8-6-4-2/h31-34,39H,3-30,35-38,42H2,1-2H3,(H,45,46). The number of hydrogen-bond donors (Lipinski definition) is 2. The molecule has 3 N–H and O–H groups in total. The number of nitrogens with two attached hydrogens (primary N) is 1. The third-order valence-electron chi connectivity index (χ3n) is 8.95. The Morgan fingerprint density at radius 1 is 0.569 bits per heavy atom. The zero-order chi connectivity index (χ0) is 37.5. The van der Waals surface area contributed by atoms with Crippen molar-refractivity contribution < 1.29 is 37.6 Å². The van der Waals surface area contributed by atoms with Crippen LogP contribution in [0.15, 0.2) is 24.3 Å². The van der Waals surface area contributed by atoms with Gasteiger partial charge in [0.25, 0.3) is 0 Å². The Hall–Kier alpha value is -1.51. The molecule has 2 atom stereocenters. The molecule has 51 heavy (non-hydrogen) atoms. The number of phosphoric ester groups is 1. The maximum Gasteiger partial charge on any atom is 0.472 e. The molecule has 0 rings (SSSR count). The molecule has 0 aliphatic carbocycles. The average molecular weight is 744 g/mol. The van der Waals surface area contributed by atoms with Gasteiger partial charge in [0, 0.05) is 18.7 Å². The van der Waals surface area contributed by atoms with Gasteiger partial charge < -0.3 is 20.1 Å². The maximum atomic E-state index is 12.5. The van der Waals surface area contributed by atoms with Gasteiger partial charge >= 0.3 is 19.8 Å². The molecule has 9 nitrogen and oxygen atoms in total. The summed E-state index contributed by atoms with van der Waals surface area (Å²) in [6, 6.07) is 0. The van der Waals surface area contributed by atoms with Crippen molar-refractivity contribution in [1.82, 2.24) is 0 Å². The fourth-order valence-corrected chi connectivity index (χ4v) is 6.61. The van der Waals surface area contributed by atoms with Crippen LogP contribution in [0.4, 0.5) is 0 Å². The second-order valence-corrected chi connectivity index (χ2v) is 15.4. The van der Waals surface area contributed by atoms with Gasteiger partial charge in [0.15, 0.2) is 6.10 Å². The van der Waals surface area contributed by atoms with Gasteiger partial charge in [-0.2, -0.15) is 0 Å².